The third-order valence-corrected chi connectivity index (χ3v) is 5.63. The predicted molar refractivity (Wildman–Crippen MR) is 95.6 cm³/mol. The molecule has 0 spiro atoms. The van der Waals surface area contributed by atoms with Crippen molar-refractivity contribution in [2.75, 3.05) is 22.9 Å². The van der Waals surface area contributed by atoms with Gasteiger partial charge in [0.05, 0.1) is 23.3 Å². The molecule has 10 heteroatoms. The van der Waals surface area contributed by atoms with Gasteiger partial charge in [0.15, 0.2) is 0 Å². The first-order valence-corrected chi connectivity index (χ1v) is 8.98. The van der Waals surface area contributed by atoms with E-state index in [9.17, 15) is 4.79 Å². The predicted octanol–water partition coefficient (Wildman–Crippen LogP) is 1.07. The second kappa shape index (κ2) is 5.85. The molecule has 2 N–H and O–H groups in total. The van der Waals surface area contributed by atoms with E-state index in [0.717, 1.165) is 30.5 Å². The van der Waals surface area contributed by atoms with Crippen LogP contribution in [0.15, 0.2) is 30.6 Å². The lowest BCUT2D eigenvalue weighted by Gasteiger charge is -2.35. The van der Waals surface area contributed by atoms with Gasteiger partial charge in [-0.05, 0) is 24.6 Å². The van der Waals surface area contributed by atoms with Crippen molar-refractivity contribution in [1.82, 2.24) is 24.2 Å². The third-order valence-electron chi connectivity index (χ3n) is 5.07. The minimum atomic E-state index is -0.613. The number of hydrogen-bond acceptors (Lipinski definition) is 9. The largest absolute Gasteiger partial charge is 0.365 e. The number of fused-ring (bicyclic) bond motifs is 3. The van der Waals surface area contributed by atoms with E-state index in [1.54, 1.807) is 5.48 Å². The number of carbonyl (C=O) groups is 1. The van der Waals surface area contributed by atoms with Crippen LogP contribution in [0.1, 0.15) is 16.8 Å². The summed E-state index contributed by atoms with van der Waals surface area (Å²) in [6.45, 7) is 1.74. The summed E-state index contributed by atoms with van der Waals surface area (Å²) >= 11 is 1.23. The van der Waals surface area contributed by atoms with Crippen LogP contribution in [-0.2, 0) is 0 Å². The molecule has 2 saturated heterocycles. The molecule has 26 heavy (non-hydrogen) atoms. The van der Waals surface area contributed by atoms with E-state index in [-0.39, 0.29) is 5.56 Å². The molecule has 132 valence electrons. The molecule has 2 aliphatic heterocycles. The molecule has 4 heterocycles. The Labute approximate surface area is 152 Å². The average molecular weight is 369 g/mol. The number of hydroxylamine groups is 1. The van der Waals surface area contributed by atoms with Gasteiger partial charge in [0, 0.05) is 37.2 Å². The maximum atomic E-state index is 11.4. The number of carbonyl (C=O) groups excluding carboxylic acids is 1. The van der Waals surface area contributed by atoms with Gasteiger partial charge in [0.1, 0.15) is 11.0 Å². The summed E-state index contributed by atoms with van der Waals surface area (Å²) in [5, 5.41) is 8.67. The molecule has 2 aromatic heterocycles. The van der Waals surface area contributed by atoms with E-state index in [1.165, 1.54) is 29.8 Å². The van der Waals surface area contributed by atoms with Crippen LogP contribution in [0.2, 0.25) is 0 Å². The van der Waals surface area contributed by atoms with Gasteiger partial charge in [-0.25, -0.2) is 15.4 Å². The summed E-state index contributed by atoms with van der Waals surface area (Å²) < 4.78 is 8.58. The molecular formula is C16H15N7O2S. The maximum Gasteiger partial charge on any atom is 0.277 e. The van der Waals surface area contributed by atoms with E-state index in [4.69, 9.17) is 5.21 Å². The normalized spacial score (nSPS) is 21.6. The van der Waals surface area contributed by atoms with Crippen molar-refractivity contribution >= 4 is 40.3 Å². The molecule has 9 nitrogen and oxygen atoms in total. The highest BCUT2D eigenvalue weighted by Gasteiger charge is 2.44. The molecule has 2 unspecified atom stereocenters. The summed E-state index contributed by atoms with van der Waals surface area (Å²) in [5.41, 5.74) is 4.86. The Bertz CT molecular complexity index is 976. The van der Waals surface area contributed by atoms with Crippen molar-refractivity contribution in [3.8, 4) is 0 Å². The van der Waals surface area contributed by atoms with Crippen LogP contribution in [0.5, 0.6) is 0 Å². The van der Waals surface area contributed by atoms with Crippen molar-refractivity contribution in [3.05, 3.63) is 36.2 Å². The lowest BCUT2D eigenvalue weighted by atomic mass is 10.2. The average Bonchev–Trinajstić information content (AvgIpc) is 3.41. The van der Waals surface area contributed by atoms with Gasteiger partial charge in [0.2, 0.25) is 5.95 Å². The fourth-order valence-corrected chi connectivity index (χ4v) is 4.35. The van der Waals surface area contributed by atoms with Crippen LogP contribution in [0.3, 0.4) is 0 Å². The summed E-state index contributed by atoms with van der Waals surface area (Å²) in [6.07, 6.45) is 3.91. The Morgan fingerprint density at radius 2 is 1.85 bits per heavy atom. The molecule has 0 saturated carbocycles. The highest BCUT2D eigenvalue weighted by molar-refractivity contribution is 7.00. The minimum absolute atomic E-state index is 0.229. The SMILES string of the molecule is O=C(NO)c1cnc(N2CC3CC2CN3c2ccc3nsnc3c2)nc1. The summed E-state index contributed by atoms with van der Waals surface area (Å²) in [4.78, 5) is 24.5. The zero-order valence-electron chi connectivity index (χ0n) is 13.6. The first-order chi connectivity index (χ1) is 12.7. The highest BCUT2D eigenvalue weighted by atomic mass is 32.1. The van der Waals surface area contributed by atoms with Crippen molar-refractivity contribution < 1.29 is 10.0 Å². The Balaban J connectivity index is 1.34. The second-order valence-electron chi connectivity index (χ2n) is 6.50. The van der Waals surface area contributed by atoms with Gasteiger partial charge >= 0.3 is 0 Å². The van der Waals surface area contributed by atoms with Crippen LogP contribution in [0.25, 0.3) is 11.0 Å². The fraction of sp³-hybridized carbons (Fsp3) is 0.312. The monoisotopic (exact) mass is 369 g/mol. The Kier molecular flexibility index (Phi) is 3.47. The molecular weight excluding hydrogens is 354 g/mol. The molecule has 1 aromatic carbocycles. The van der Waals surface area contributed by atoms with Crippen molar-refractivity contribution in [3.63, 3.8) is 0 Å². The molecule has 1 amide bonds. The number of anilines is 2. The van der Waals surface area contributed by atoms with E-state index in [0.29, 0.717) is 18.0 Å². The number of nitrogens with one attached hydrogen (secondary N) is 1. The zero-order chi connectivity index (χ0) is 17.7. The Hall–Kier alpha value is -2.85. The molecule has 5 rings (SSSR count). The molecule has 2 aliphatic rings. The van der Waals surface area contributed by atoms with Crippen molar-refractivity contribution in [2.24, 2.45) is 0 Å². The number of aromatic nitrogens is 4. The van der Waals surface area contributed by atoms with Crippen molar-refractivity contribution in [2.45, 2.75) is 18.5 Å². The van der Waals surface area contributed by atoms with Crippen LogP contribution in [0, 0.1) is 0 Å². The summed E-state index contributed by atoms with van der Waals surface area (Å²) in [7, 11) is 0. The standard InChI is InChI=1S/C16H15N7O2S/c24-15(19-25)9-5-17-16(18-6-9)23-8-11-3-12(23)7-22(11)10-1-2-13-14(4-10)21-26-20-13/h1-2,4-6,11-12,25H,3,7-8H2,(H,19,24). The van der Waals surface area contributed by atoms with E-state index in [2.05, 4.69) is 40.6 Å². The van der Waals surface area contributed by atoms with E-state index in [1.807, 2.05) is 6.07 Å². The van der Waals surface area contributed by atoms with Gasteiger partial charge in [-0.15, -0.1) is 0 Å². The molecule has 0 aliphatic carbocycles. The van der Waals surface area contributed by atoms with Gasteiger partial charge in [-0.3, -0.25) is 10.0 Å². The lowest BCUT2D eigenvalue weighted by Crippen LogP contribution is -2.47. The number of benzene rings is 1. The smallest absolute Gasteiger partial charge is 0.277 e. The Morgan fingerprint density at radius 1 is 1.12 bits per heavy atom. The first kappa shape index (κ1) is 15.4. The van der Waals surface area contributed by atoms with Crippen LogP contribution in [0.4, 0.5) is 11.6 Å². The molecule has 0 radical (unpaired) electrons. The van der Waals surface area contributed by atoms with E-state index < -0.39 is 5.91 Å². The van der Waals surface area contributed by atoms with Crippen LogP contribution < -0.4 is 15.3 Å². The number of hydrogen-bond donors (Lipinski definition) is 2. The molecule has 2 fully saturated rings. The van der Waals surface area contributed by atoms with Crippen LogP contribution in [-0.4, -0.2) is 55.0 Å². The highest BCUT2D eigenvalue weighted by Crippen LogP contribution is 2.36. The third kappa shape index (κ3) is 2.37. The van der Waals surface area contributed by atoms with Gasteiger partial charge in [0.25, 0.3) is 5.91 Å². The van der Waals surface area contributed by atoms with Crippen LogP contribution >= 0.6 is 11.7 Å². The maximum absolute atomic E-state index is 11.4. The number of rotatable bonds is 3. The lowest BCUT2D eigenvalue weighted by molar-refractivity contribution is 0.0705. The number of amides is 1. The fourth-order valence-electron chi connectivity index (χ4n) is 3.83. The summed E-state index contributed by atoms with van der Waals surface area (Å²) in [6, 6.07) is 6.96. The second-order valence-corrected chi connectivity index (χ2v) is 7.03. The van der Waals surface area contributed by atoms with E-state index >= 15 is 0 Å². The number of nitrogens with zero attached hydrogens (tertiary/aromatic N) is 6. The Morgan fingerprint density at radius 3 is 2.58 bits per heavy atom. The topological polar surface area (TPSA) is 107 Å². The summed E-state index contributed by atoms with van der Waals surface area (Å²) in [5.74, 6) is 0.00313. The van der Waals surface area contributed by atoms with Gasteiger partial charge in [-0.2, -0.15) is 8.75 Å². The molecule has 2 atom stereocenters. The quantitative estimate of drug-likeness (QED) is 0.521. The number of piperazine rings is 1. The van der Waals surface area contributed by atoms with Crippen molar-refractivity contribution in [1.29, 1.82) is 0 Å². The van der Waals surface area contributed by atoms with Gasteiger partial charge < -0.3 is 9.80 Å². The molecule has 3 aromatic rings. The first-order valence-electron chi connectivity index (χ1n) is 8.25. The molecule has 2 bridgehead atoms. The zero-order valence-corrected chi connectivity index (χ0v) is 14.4. The minimum Gasteiger partial charge on any atom is -0.365 e. The van der Waals surface area contributed by atoms with Gasteiger partial charge in [-0.1, -0.05) is 0 Å².